The molecule has 1 N–H and O–H groups in total. The molecule has 0 bridgehead atoms. The average molecular weight is 556 g/mol. The molecule has 3 aromatic carbocycles. The highest BCUT2D eigenvalue weighted by molar-refractivity contribution is 7.92. The molecular weight excluding hydrogens is 522 g/mol. The summed E-state index contributed by atoms with van der Waals surface area (Å²) in [5.41, 5.74) is 2.42. The van der Waals surface area contributed by atoms with E-state index in [0.29, 0.717) is 22.4 Å². The van der Waals surface area contributed by atoms with Crippen LogP contribution in [0.5, 0.6) is 5.75 Å². The molecule has 1 amide bonds. The van der Waals surface area contributed by atoms with Crippen molar-refractivity contribution in [2.24, 2.45) is 5.92 Å². The Bertz CT molecular complexity index is 1350. The zero-order valence-electron chi connectivity index (χ0n) is 21.9. The Hall–Kier alpha value is -3.23. The zero-order valence-corrected chi connectivity index (χ0v) is 23.5. The van der Waals surface area contributed by atoms with Gasteiger partial charge in [0.1, 0.15) is 12.3 Å². The minimum atomic E-state index is -4.06. The third kappa shape index (κ3) is 6.60. The summed E-state index contributed by atoms with van der Waals surface area (Å²) >= 11 is 6.16. The first-order valence-corrected chi connectivity index (χ1v) is 14.6. The molecule has 2 atom stereocenters. The van der Waals surface area contributed by atoms with Gasteiger partial charge in [-0.3, -0.25) is 9.10 Å². The number of carbonyl (C=O) groups is 1. The predicted molar refractivity (Wildman–Crippen MR) is 153 cm³/mol. The van der Waals surface area contributed by atoms with Crippen molar-refractivity contribution < 1.29 is 17.9 Å². The summed E-state index contributed by atoms with van der Waals surface area (Å²) in [6.07, 6.45) is 2.45. The largest absolute Gasteiger partial charge is 0.497 e. The van der Waals surface area contributed by atoms with Gasteiger partial charge in [0.2, 0.25) is 5.91 Å². The maximum atomic E-state index is 13.6. The SMILES string of the molecule is COc1ccc(S(=O)(=O)N(CC(=O)NC(C)c2ccc(N3CCCC(C)C3)cc2)c2cccc(Cl)c2)cc1. The molecule has 0 aliphatic carbocycles. The normalized spacial score (nSPS) is 16.5. The smallest absolute Gasteiger partial charge is 0.264 e. The highest BCUT2D eigenvalue weighted by Crippen LogP contribution is 2.28. The number of carbonyl (C=O) groups excluding carboxylic acids is 1. The Morgan fingerprint density at radius 1 is 1.13 bits per heavy atom. The molecule has 1 fully saturated rings. The number of hydrogen-bond donors (Lipinski definition) is 1. The Morgan fingerprint density at radius 3 is 2.47 bits per heavy atom. The van der Waals surface area contributed by atoms with Crippen LogP contribution in [0.4, 0.5) is 11.4 Å². The van der Waals surface area contributed by atoms with E-state index in [1.807, 2.05) is 19.1 Å². The number of methoxy groups -OCH3 is 1. The van der Waals surface area contributed by atoms with Crippen LogP contribution in [0.2, 0.25) is 5.02 Å². The number of hydrogen-bond acceptors (Lipinski definition) is 5. The summed E-state index contributed by atoms with van der Waals surface area (Å²) in [6.45, 7) is 5.87. The molecule has 1 heterocycles. The number of piperidine rings is 1. The number of amides is 1. The minimum Gasteiger partial charge on any atom is -0.497 e. The molecule has 0 spiro atoms. The zero-order chi connectivity index (χ0) is 27.3. The first kappa shape index (κ1) is 27.8. The van der Waals surface area contributed by atoms with Crippen molar-refractivity contribution in [3.8, 4) is 5.75 Å². The number of rotatable bonds is 9. The topological polar surface area (TPSA) is 79.0 Å². The van der Waals surface area contributed by atoms with Gasteiger partial charge in [-0.05, 0) is 85.8 Å². The molecule has 1 saturated heterocycles. The van der Waals surface area contributed by atoms with E-state index in [4.69, 9.17) is 16.3 Å². The molecule has 1 aliphatic heterocycles. The van der Waals surface area contributed by atoms with Gasteiger partial charge in [-0.2, -0.15) is 0 Å². The molecule has 38 heavy (non-hydrogen) atoms. The Kier molecular flexibility index (Phi) is 8.84. The number of sulfonamides is 1. The number of nitrogens with one attached hydrogen (secondary N) is 1. The summed E-state index contributed by atoms with van der Waals surface area (Å²) in [7, 11) is -2.55. The molecule has 1 aliphatic rings. The highest BCUT2D eigenvalue weighted by atomic mass is 35.5. The van der Waals surface area contributed by atoms with E-state index >= 15 is 0 Å². The number of benzene rings is 3. The number of nitrogens with zero attached hydrogens (tertiary/aromatic N) is 2. The van der Waals surface area contributed by atoms with Gasteiger partial charge < -0.3 is 15.0 Å². The van der Waals surface area contributed by atoms with Crippen LogP contribution in [0.15, 0.2) is 77.7 Å². The van der Waals surface area contributed by atoms with Gasteiger partial charge in [0.25, 0.3) is 10.0 Å². The standard InChI is InChI=1S/C29H34ClN3O4S/c1-21-6-5-17-32(19-21)25-11-9-23(10-12-25)22(2)31-29(34)20-33(26-8-4-7-24(30)18-26)38(35,36)28-15-13-27(37-3)14-16-28/h4,7-16,18,21-22H,5-6,17,19-20H2,1-3H3,(H,31,34). The van der Waals surface area contributed by atoms with Crippen LogP contribution >= 0.6 is 11.6 Å². The monoisotopic (exact) mass is 555 g/mol. The lowest BCUT2D eigenvalue weighted by molar-refractivity contribution is -0.120. The molecule has 3 aromatic rings. The summed E-state index contributed by atoms with van der Waals surface area (Å²) in [5, 5.41) is 3.32. The van der Waals surface area contributed by atoms with E-state index in [-0.39, 0.29) is 10.9 Å². The lowest BCUT2D eigenvalue weighted by Crippen LogP contribution is -2.41. The van der Waals surface area contributed by atoms with Crippen LogP contribution in [0.3, 0.4) is 0 Å². The molecule has 0 aromatic heterocycles. The van der Waals surface area contributed by atoms with Crippen molar-refractivity contribution in [2.75, 3.05) is 35.9 Å². The summed E-state index contributed by atoms with van der Waals surface area (Å²) in [6, 6.07) is 20.4. The van der Waals surface area contributed by atoms with Gasteiger partial charge in [-0.1, -0.05) is 36.7 Å². The van der Waals surface area contributed by atoms with Crippen LogP contribution in [0.25, 0.3) is 0 Å². The molecule has 0 radical (unpaired) electrons. The van der Waals surface area contributed by atoms with E-state index in [1.54, 1.807) is 30.3 Å². The second-order valence-electron chi connectivity index (χ2n) is 9.74. The third-order valence-electron chi connectivity index (χ3n) is 6.82. The average Bonchev–Trinajstić information content (AvgIpc) is 2.91. The van der Waals surface area contributed by atoms with Crippen molar-refractivity contribution in [2.45, 2.75) is 37.6 Å². The molecule has 9 heteroatoms. The Balaban J connectivity index is 1.50. The molecule has 202 valence electrons. The first-order chi connectivity index (χ1) is 18.2. The number of anilines is 2. The van der Waals surface area contributed by atoms with Crippen LogP contribution < -0.4 is 19.3 Å². The fourth-order valence-electron chi connectivity index (χ4n) is 4.72. The van der Waals surface area contributed by atoms with E-state index in [9.17, 15) is 13.2 Å². The fraction of sp³-hybridized carbons (Fsp3) is 0.345. The third-order valence-corrected chi connectivity index (χ3v) is 8.85. The van der Waals surface area contributed by atoms with Crippen molar-refractivity contribution in [1.29, 1.82) is 0 Å². The molecule has 2 unspecified atom stereocenters. The second-order valence-corrected chi connectivity index (χ2v) is 12.0. The van der Waals surface area contributed by atoms with Gasteiger partial charge in [0.15, 0.2) is 0 Å². The van der Waals surface area contributed by atoms with Crippen LogP contribution in [-0.2, 0) is 14.8 Å². The van der Waals surface area contributed by atoms with Gasteiger partial charge in [-0.15, -0.1) is 0 Å². The summed E-state index contributed by atoms with van der Waals surface area (Å²) in [4.78, 5) is 15.6. The van der Waals surface area contributed by atoms with E-state index in [2.05, 4.69) is 29.3 Å². The summed E-state index contributed by atoms with van der Waals surface area (Å²) < 4.78 is 33.4. The van der Waals surface area contributed by atoms with Gasteiger partial charge >= 0.3 is 0 Å². The lowest BCUT2D eigenvalue weighted by atomic mass is 9.99. The quantitative estimate of drug-likeness (QED) is 0.369. The first-order valence-electron chi connectivity index (χ1n) is 12.7. The number of ether oxygens (including phenoxy) is 1. The number of halogens is 1. The maximum Gasteiger partial charge on any atom is 0.264 e. The molecule has 4 rings (SSSR count). The van der Waals surface area contributed by atoms with Gasteiger partial charge in [0.05, 0.1) is 23.7 Å². The van der Waals surface area contributed by atoms with Crippen LogP contribution in [-0.4, -0.2) is 41.1 Å². The van der Waals surface area contributed by atoms with Crippen molar-refractivity contribution in [3.63, 3.8) is 0 Å². The van der Waals surface area contributed by atoms with Crippen LogP contribution in [0.1, 0.15) is 38.3 Å². The van der Waals surface area contributed by atoms with Crippen molar-refractivity contribution in [1.82, 2.24) is 5.32 Å². The molecule has 7 nitrogen and oxygen atoms in total. The van der Waals surface area contributed by atoms with Gasteiger partial charge in [-0.25, -0.2) is 8.42 Å². The van der Waals surface area contributed by atoms with Crippen molar-refractivity contribution in [3.05, 3.63) is 83.4 Å². The van der Waals surface area contributed by atoms with E-state index in [0.717, 1.165) is 23.0 Å². The maximum absolute atomic E-state index is 13.6. The Morgan fingerprint density at radius 2 is 1.84 bits per heavy atom. The highest BCUT2D eigenvalue weighted by Gasteiger charge is 2.28. The van der Waals surface area contributed by atoms with Crippen LogP contribution in [0, 0.1) is 5.92 Å². The fourth-order valence-corrected chi connectivity index (χ4v) is 6.32. The minimum absolute atomic E-state index is 0.0433. The Labute approximate surface area is 230 Å². The lowest BCUT2D eigenvalue weighted by Gasteiger charge is -2.33. The van der Waals surface area contributed by atoms with E-state index < -0.39 is 22.5 Å². The molecular formula is C29H34ClN3O4S. The van der Waals surface area contributed by atoms with Crippen molar-refractivity contribution >= 4 is 38.9 Å². The van der Waals surface area contributed by atoms with Gasteiger partial charge in [0, 0.05) is 23.8 Å². The second kappa shape index (κ2) is 12.1. The van der Waals surface area contributed by atoms with E-state index in [1.165, 1.54) is 43.8 Å². The molecule has 0 saturated carbocycles. The predicted octanol–water partition coefficient (Wildman–Crippen LogP) is 5.66. The summed E-state index contributed by atoms with van der Waals surface area (Å²) in [5.74, 6) is 0.785.